The Kier molecular flexibility index (Phi) is 3.31. The molecule has 1 heterocycles. The minimum atomic E-state index is -1.85. The average Bonchev–Trinajstić information content (AvgIpc) is 2.50. The van der Waals surface area contributed by atoms with E-state index in [9.17, 15) is 4.79 Å². The maximum absolute atomic E-state index is 12.2. The summed E-state index contributed by atoms with van der Waals surface area (Å²) in [5, 5.41) is 0.639. The molecule has 0 bridgehead atoms. The number of nitrogen functional groups attached to an aromatic ring is 1. The smallest absolute Gasteiger partial charge is 0.328 e. The number of hydrogen-bond donors (Lipinski definition) is 1. The monoisotopic (exact) mass is 269 g/mol. The summed E-state index contributed by atoms with van der Waals surface area (Å²) in [6.07, 6.45) is 4.38. The molecule has 1 aliphatic rings. The second kappa shape index (κ2) is 4.46. The van der Waals surface area contributed by atoms with Crippen molar-refractivity contribution < 1.29 is 9.22 Å². The molecule has 0 aromatic carbocycles. The van der Waals surface area contributed by atoms with Gasteiger partial charge >= 0.3 is 5.97 Å². The van der Waals surface area contributed by atoms with Crippen LogP contribution >= 0.6 is 11.3 Å². The Morgan fingerprint density at radius 2 is 1.94 bits per heavy atom. The number of anilines is 1. The molecule has 3 nitrogen and oxygen atoms in total. The summed E-state index contributed by atoms with van der Waals surface area (Å²) < 4.78 is 5.56. The molecule has 2 rings (SSSR count). The van der Waals surface area contributed by atoms with Crippen molar-refractivity contribution in [1.29, 1.82) is 0 Å². The van der Waals surface area contributed by atoms with Crippen molar-refractivity contribution >= 4 is 30.6 Å². The van der Waals surface area contributed by atoms with Gasteiger partial charge in [0.1, 0.15) is 5.00 Å². The van der Waals surface area contributed by atoms with Gasteiger partial charge in [0.2, 0.25) is 8.32 Å². The Morgan fingerprint density at radius 3 is 2.59 bits per heavy atom. The van der Waals surface area contributed by atoms with Crippen LogP contribution in [-0.4, -0.2) is 14.3 Å². The van der Waals surface area contributed by atoms with Gasteiger partial charge in [0.15, 0.2) is 0 Å². The van der Waals surface area contributed by atoms with Gasteiger partial charge in [-0.2, -0.15) is 0 Å². The molecule has 0 radical (unpaired) electrons. The van der Waals surface area contributed by atoms with Crippen LogP contribution in [0.15, 0.2) is 0 Å². The zero-order valence-corrected chi connectivity index (χ0v) is 12.4. The predicted molar refractivity (Wildman–Crippen MR) is 74.1 cm³/mol. The molecule has 0 aliphatic heterocycles. The van der Waals surface area contributed by atoms with Gasteiger partial charge in [0.05, 0.1) is 5.56 Å². The molecule has 0 atom stereocenters. The van der Waals surface area contributed by atoms with E-state index in [1.165, 1.54) is 11.3 Å². The number of aryl methyl sites for hydroxylation is 1. The van der Waals surface area contributed by atoms with Crippen LogP contribution < -0.4 is 5.73 Å². The Balaban J connectivity index is 2.32. The Bertz CT molecular complexity index is 448. The highest BCUT2D eigenvalue weighted by atomic mass is 32.1. The van der Waals surface area contributed by atoms with Gasteiger partial charge in [0, 0.05) is 4.88 Å². The minimum Gasteiger partial charge on any atom is -0.516 e. The summed E-state index contributed by atoms with van der Waals surface area (Å²) in [4.78, 5) is 13.4. The number of fused-ring (bicyclic) bond motifs is 1. The molecule has 1 aromatic rings. The Labute approximate surface area is 107 Å². The summed E-state index contributed by atoms with van der Waals surface area (Å²) >= 11 is 1.56. The number of thiophene rings is 1. The van der Waals surface area contributed by atoms with Crippen LogP contribution in [0.25, 0.3) is 0 Å². The van der Waals surface area contributed by atoms with Gasteiger partial charge in [-0.1, -0.05) is 0 Å². The van der Waals surface area contributed by atoms with Crippen molar-refractivity contribution in [3.8, 4) is 0 Å². The highest BCUT2D eigenvalue weighted by Crippen LogP contribution is 2.36. The minimum absolute atomic E-state index is 0.207. The lowest BCUT2D eigenvalue weighted by Crippen LogP contribution is -2.29. The summed E-state index contributed by atoms with van der Waals surface area (Å²) in [6.45, 7) is 6.04. The lowest BCUT2D eigenvalue weighted by Gasteiger charge is -2.19. The van der Waals surface area contributed by atoms with E-state index in [1.807, 2.05) is 19.6 Å². The largest absolute Gasteiger partial charge is 0.516 e. The number of carbonyl (C=O) groups is 1. The summed E-state index contributed by atoms with van der Waals surface area (Å²) in [5.41, 5.74) is 7.79. The third kappa shape index (κ3) is 2.72. The molecule has 5 heteroatoms. The summed E-state index contributed by atoms with van der Waals surface area (Å²) in [7, 11) is -1.85. The van der Waals surface area contributed by atoms with Crippen molar-refractivity contribution in [1.82, 2.24) is 0 Å². The maximum atomic E-state index is 12.2. The van der Waals surface area contributed by atoms with Gasteiger partial charge in [-0.3, -0.25) is 0 Å². The highest BCUT2D eigenvalue weighted by molar-refractivity contribution is 7.16. The van der Waals surface area contributed by atoms with Crippen LogP contribution in [-0.2, 0) is 17.3 Å². The van der Waals surface area contributed by atoms with Gasteiger partial charge in [-0.05, 0) is 50.9 Å². The van der Waals surface area contributed by atoms with E-state index in [-0.39, 0.29) is 5.97 Å². The maximum Gasteiger partial charge on any atom is 0.328 e. The predicted octanol–water partition coefficient (Wildman–Crippen LogP) is 3.20. The van der Waals surface area contributed by atoms with Gasteiger partial charge in [-0.25, -0.2) is 4.79 Å². The van der Waals surface area contributed by atoms with Crippen LogP contribution in [0.3, 0.4) is 0 Å². The zero-order chi connectivity index (χ0) is 12.6. The molecule has 0 unspecified atom stereocenters. The van der Waals surface area contributed by atoms with Crippen molar-refractivity contribution in [2.24, 2.45) is 0 Å². The number of hydrogen-bond acceptors (Lipinski definition) is 4. The first kappa shape index (κ1) is 12.6. The fourth-order valence-corrected chi connectivity index (χ4v) is 3.95. The lowest BCUT2D eigenvalue weighted by molar-refractivity contribution is 0.0725. The molecule has 2 N–H and O–H groups in total. The van der Waals surface area contributed by atoms with Crippen LogP contribution in [0.5, 0.6) is 0 Å². The lowest BCUT2D eigenvalue weighted by atomic mass is 9.96. The van der Waals surface area contributed by atoms with Crippen LogP contribution in [0.4, 0.5) is 5.00 Å². The van der Waals surface area contributed by atoms with E-state index in [0.29, 0.717) is 10.6 Å². The molecule has 0 saturated carbocycles. The standard InChI is InChI=1S/C12H19NO2SSi/c1-17(2,3)15-12(14)10-8-6-4-5-7-9(8)16-11(10)13/h4-7,13H2,1-3H3. The van der Waals surface area contributed by atoms with Gasteiger partial charge in [0.25, 0.3) is 0 Å². The van der Waals surface area contributed by atoms with Crippen molar-refractivity contribution in [3.05, 3.63) is 16.0 Å². The first-order valence-corrected chi connectivity index (χ1v) is 10.2. The fraction of sp³-hybridized carbons (Fsp3) is 0.583. The normalized spacial score (nSPS) is 15.5. The third-order valence-corrected chi connectivity index (χ3v) is 4.72. The average molecular weight is 269 g/mol. The van der Waals surface area contributed by atoms with E-state index in [0.717, 1.165) is 24.8 Å². The van der Waals surface area contributed by atoms with Crippen LogP contribution in [0, 0.1) is 0 Å². The third-order valence-electron chi connectivity index (χ3n) is 2.80. The van der Waals surface area contributed by atoms with Crippen molar-refractivity contribution in [2.75, 3.05) is 5.73 Å². The molecular weight excluding hydrogens is 250 g/mol. The van der Waals surface area contributed by atoms with Crippen molar-refractivity contribution in [2.45, 2.75) is 45.3 Å². The van der Waals surface area contributed by atoms with Crippen LogP contribution in [0.1, 0.15) is 33.6 Å². The highest BCUT2D eigenvalue weighted by Gasteiger charge is 2.28. The van der Waals surface area contributed by atoms with E-state index >= 15 is 0 Å². The number of carbonyl (C=O) groups excluding carboxylic acids is 1. The van der Waals surface area contributed by atoms with Crippen molar-refractivity contribution in [3.63, 3.8) is 0 Å². The second-order valence-electron chi connectivity index (χ2n) is 5.45. The molecule has 1 aliphatic carbocycles. The van der Waals surface area contributed by atoms with Crippen LogP contribution in [0.2, 0.25) is 19.6 Å². The molecule has 94 valence electrons. The van der Waals surface area contributed by atoms with E-state index in [4.69, 9.17) is 10.2 Å². The SMILES string of the molecule is C[Si](C)(C)OC(=O)c1c(N)sc2c1CCCC2. The molecule has 1 aromatic heterocycles. The molecule has 0 saturated heterocycles. The number of rotatable bonds is 2. The quantitative estimate of drug-likeness (QED) is 0.839. The Hall–Kier alpha value is -0.813. The second-order valence-corrected chi connectivity index (χ2v) is 11.0. The molecule has 0 fully saturated rings. The first-order chi connectivity index (χ1) is 7.88. The first-order valence-electron chi connectivity index (χ1n) is 6.02. The van der Waals surface area contributed by atoms with Gasteiger partial charge in [-0.15, -0.1) is 11.3 Å². The molecular formula is C12H19NO2SSi. The number of nitrogens with two attached hydrogens (primary N) is 1. The van der Waals surface area contributed by atoms with E-state index in [1.54, 1.807) is 11.3 Å². The zero-order valence-electron chi connectivity index (χ0n) is 10.6. The van der Waals surface area contributed by atoms with E-state index < -0.39 is 8.32 Å². The molecule has 0 amide bonds. The Morgan fingerprint density at radius 1 is 1.29 bits per heavy atom. The summed E-state index contributed by atoms with van der Waals surface area (Å²) in [5.74, 6) is -0.207. The summed E-state index contributed by atoms with van der Waals surface area (Å²) in [6, 6.07) is 0. The molecule has 0 spiro atoms. The topological polar surface area (TPSA) is 52.3 Å². The van der Waals surface area contributed by atoms with E-state index in [2.05, 4.69) is 0 Å². The molecule has 17 heavy (non-hydrogen) atoms. The van der Waals surface area contributed by atoms with Gasteiger partial charge < -0.3 is 10.2 Å². The fourth-order valence-electron chi connectivity index (χ4n) is 2.14.